The van der Waals surface area contributed by atoms with E-state index >= 15 is 0 Å². The minimum Gasteiger partial charge on any atom is -0.206 e. The Morgan fingerprint density at radius 1 is 0.615 bits per heavy atom. The third kappa shape index (κ3) is 6.94. The molecule has 2 rings (SSSR count). The highest BCUT2D eigenvalue weighted by molar-refractivity contribution is 5.64. The van der Waals surface area contributed by atoms with Crippen molar-refractivity contribution in [2.24, 2.45) is 0 Å². The van der Waals surface area contributed by atoms with Crippen LogP contribution in [-0.4, -0.2) is 0 Å². The Hall–Kier alpha value is -1.63. The van der Waals surface area contributed by atoms with E-state index in [0.717, 1.165) is 36.0 Å². The lowest BCUT2D eigenvalue weighted by Gasteiger charge is -2.08. The summed E-state index contributed by atoms with van der Waals surface area (Å²) in [5.41, 5.74) is 4.18. The molecule has 0 aliphatic heterocycles. The number of unbranched alkanes of at least 4 members (excludes halogenated alkanes) is 7. The van der Waals surface area contributed by atoms with E-state index in [-0.39, 0.29) is 5.82 Å². The predicted octanol–water partition coefficient (Wildman–Crippen LogP) is 8.13. The average molecular weight is 355 g/mol. The van der Waals surface area contributed by atoms with E-state index in [4.69, 9.17) is 0 Å². The highest BCUT2D eigenvalue weighted by atomic mass is 19.1. The number of rotatable bonds is 12. The molecule has 0 nitrogen and oxygen atoms in total. The molecule has 0 aromatic heterocycles. The summed E-state index contributed by atoms with van der Waals surface area (Å²) in [4.78, 5) is 0. The maximum absolute atomic E-state index is 14.5. The van der Waals surface area contributed by atoms with Crippen molar-refractivity contribution < 1.29 is 4.39 Å². The Kier molecular flexibility index (Phi) is 9.45. The van der Waals surface area contributed by atoms with Gasteiger partial charge in [-0.1, -0.05) is 95.2 Å². The summed E-state index contributed by atoms with van der Waals surface area (Å²) in [6, 6.07) is 14.2. The maximum atomic E-state index is 14.5. The Morgan fingerprint density at radius 3 is 1.77 bits per heavy atom. The fourth-order valence-corrected chi connectivity index (χ4v) is 3.49. The summed E-state index contributed by atoms with van der Waals surface area (Å²) in [6.07, 6.45) is 13.5. The summed E-state index contributed by atoms with van der Waals surface area (Å²) in [5.74, 6) is -0.0923. The molecule has 0 bridgehead atoms. The third-order valence-electron chi connectivity index (χ3n) is 5.19. The first kappa shape index (κ1) is 20.7. The first-order chi connectivity index (χ1) is 12.7. The second-order valence-corrected chi connectivity index (χ2v) is 7.49. The standard InChI is InChI=1S/C25H35F/c1-3-5-7-9-11-12-21-14-17-23(18-15-21)24-19-16-22(20-25(24)26)13-10-8-6-4-2/h14-20H,3-13H2,1-2H3. The normalized spacial score (nSPS) is 11.0. The summed E-state index contributed by atoms with van der Waals surface area (Å²) >= 11 is 0. The Bertz CT molecular complexity index is 627. The molecule has 2 aromatic carbocycles. The van der Waals surface area contributed by atoms with Crippen LogP contribution in [0.1, 0.15) is 82.8 Å². The van der Waals surface area contributed by atoms with Gasteiger partial charge in [-0.15, -0.1) is 0 Å². The molecule has 0 fully saturated rings. The van der Waals surface area contributed by atoms with Crippen molar-refractivity contribution in [1.29, 1.82) is 0 Å². The number of benzene rings is 2. The lowest BCUT2D eigenvalue weighted by molar-refractivity contribution is 0.624. The van der Waals surface area contributed by atoms with E-state index in [1.165, 1.54) is 56.9 Å². The van der Waals surface area contributed by atoms with Gasteiger partial charge in [-0.2, -0.15) is 0 Å². The van der Waals surface area contributed by atoms with Gasteiger partial charge in [0.05, 0.1) is 0 Å². The first-order valence-electron chi connectivity index (χ1n) is 10.6. The van der Waals surface area contributed by atoms with Crippen LogP contribution in [0, 0.1) is 5.82 Å². The molecule has 0 heterocycles. The van der Waals surface area contributed by atoms with Gasteiger partial charge >= 0.3 is 0 Å². The minimum absolute atomic E-state index is 0.0923. The van der Waals surface area contributed by atoms with Gasteiger partial charge in [0.15, 0.2) is 0 Å². The van der Waals surface area contributed by atoms with Gasteiger partial charge in [-0.05, 0) is 48.4 Å². The van der Waals surface area contributed by atoms with E-state index in [0.29, 0.717) is 0 Å². The number of hydrogen-bond acceptors (Lipinski definition) is 0. The van der Waals surface area contributed by atoms with Crippen molar-refractivity contribution in [3.05, 3.63) is 59.4 Å². The van der Waals surface area contributed by atoms with Crippen LogP contribution in [0.4, 0.5) is 4.39 Å². The van der Waals surface area contributed by atoms with Crippen molar-refractivity contribution in [2.45, 2.75) is 84.5 Å². The van der Waals surface area contributed by atoms with Gasteiger partial charge in [0.2, 0.25) is 0 Å². The molecule has 142 valence electrons. The Morgan fingerprint density at radius 2 is 1.15 bits per heavy atom. The minimum atomic E-state index is -0.0923. The second-order valence-electron chi connectivity index (χ2n) is 7.49. The van der Waals surface area contributed by atoms with Gasteiger partial charge < -0.3 is 0 Å². The summed E-state index contributed by atoms with van der Waals surface area (Å²) in [5, 5.41) is 0. The molecular formula is C25H35F. The molecule has 0 aliphatic carbocycles. The fraction of sp³-hybridized carbons (Fsp3) is 0.520. The van der Waals surface area contributed by atoms with Crippen LogP contribution in [0.2, 0.25) is 0 Å². The van der Waals surface area contributed by atoms with Crippen molar-refractivity contribution in [3.8, 4) is 11.1 Å². The van der Waals surface area contributed by atoms with E-state index in [1.54, 1.807) is 6.07 Å². The zero-order chi connectivity index (χ0) is 18.6. The van der Waals surface area contributed by atoms with Crippen LogP contribution in [0.5, 0.6) is 0 Å². The van der Waals surface area contributed by atoms with Gasteiger partial charge in [-0.25, -0.2) is 4.39 Å². The van der Waals surface area contributed by atoms with Crippen LogP contribution >= 0.6 is 0 Å². The van der Waals surface area contributed by atoms with Gasteiger partial charge in [0, 0.05) is 5.56 Å². The van der Waals surface area contributed by atoms with Crippen molar-refractivity contribution >= 4 is 0 Å². The molecule has 0 amide bonds. The van der Waals surface area contributed by atoms with Gasteiger partial charge in [0.25, 0.3) is 0 Å². The number of hydrogen-bond donors (Lipinski definition) is 0. The first-order valence-corrected chi connectivity index (χ1v) is 10.6. The maximum Gasteiger partial charge on any atom is 0.131 e. The summed E-state index contributed by atoms with van der Waals surface area (Å²) in [7, 11) is 0. The quantitative estimate of drug-likeness (QED) is 0.337. The Labute approximate surface area is 159 Å². The molecule has 0 aliphatic rings. The Balaban J connectivity index is 1.89. The van der Waals surface area contributed by atoms with E-state index in [1.807, 2.05) is 6.07 Å². The zero-order valence-corrected chi connectivity index (χ0v) is 16.7. The largest absolute Gasteiger partial charge is 0.206 e. The van der Waals surface area contributed by atoms with Crippen LogP contribution in [-0.2, 0) is 12.8 Å². The van der Waals surface area contributed by atoms with Gasteiger partial charge in [-0.3, -0.25) is 0 Å². The molecule has 0 N–H and O–H groups in total. The van der Waals surface area contributed by atoms with E-state index < -0.39 is 0 Å². The molecule has 0 saturated carbocycles. The van der Waals surface area contributed by atoms with E-state index in [2.05, 4.69) is 44.2 Å². The van der Waals surface area contributed by atoms with Gasteiger partial charge in [0.1, 0.15) is 5.82 Å². The lowest BCUT2D eigenvalue weighted by atomic mass is 9.98. The SMILES string of the molecule is CCCCCCCc1ccc(-c2ccc(CCCCCC)cc2F)cc1. The smallest absolute Gasteiger partial charge is 0.131 e. The van der Waals surface area contributed by atoms with Crippen LogP contribution < -0.4 is 0 Å². The highest BCUT2D eigenvalue weighted by Gasteiger charge is 2.06. The van der Waals surface area contributed by atoms with Crippen LogP contribution in [0.3, 0.4) is 0 Å². The molecule has 0 radical (unpaired) electrons. The summed E-state index contributed by atoms with van der Waals surface area (Å²) < 4.78 is 14.5. The van der Waals surface area contributed by atoms with E-state index in [9.17, 15) is 4.39 Å². The monoisotopic (exact) mass is 354 g/mol. The molecule has 1 heteroatoms. The lowest BCUT2D eigenvalue weighted by Crippen LogP contribution is -1.91. The van der Waals surface area contributed by atoms with Crippen LogP contribution in [0.25, 0.3) is 11.1 Å². The van der Waals surface area contributed by atoms with Crippen molar-refractivity contribution in [2.75, 3.05) is 0 Å². The highest BCUT2D eigenvalue weighted by Crippen LogP contribution is 2.25. The van der Waals surface area contributed by atoms with Crippen molar-refractivity contribution in [1.82, 2.24) is 0 Å². The average Bonchev–Trinajstić information content (AvgIpc) is 2.66. The zero-order valence-electron chi connectivity index (χ0n) is 16.7. The molecule has 2 aromatic rings. The van der Waals surface area contributed by atoms with Crippen LogP contribution in [0.15, 0.2) is 42.5 Å². The number of halogens is 1. The molecule has 26 heavy (non-hydrogen) atoms. The molecular weight excluding hydrogens is 319 g/mol. The molecule has 0 unspecified atom stereocenters. The molecule has 0 saturated heterocycles. The molecule has 0 atom stereocenters. The topological polar surface area (TPSA) is 0 Å². The third-order valence-corrected chi connectivity index (χ3v) is 5.19. The predicted molar refractivity (Wildman–Crippen MR) is 112 cm³/mol. The number of aryl methyl sites for hydroxylation is 2. The van der Waals surface area contributed by atoms with Crippen molar-refractivity contribution in [3.63, 3.8) is 0 Å². The summed E-state index contributed by atoms with van der Waals surface area (Å²) in [6.45, 7) is 4.46. The fourth-order valence-electron chi connectivity index (χ4n) is 3.49. The second kappa shape index (κ2) is 11.9. The molecule has 0 spiro atoms.